The highest BCUT2D eigenvalue weighted by Gasteiger charge is 2.24. The Morgan fingerprint density at radius 1 is 1.14 bits per heavy atom. The number of ether oxygens (including phenoxy) is 3. The van der Waals surface area contributed by atoms with Gasteiger partial charge in [-0.3, -0.25) is 9.59 Å². The Balaban J connectivity index is 1.91. The van der Waals surface area contributed by atoms with Crippen LogP contribution in [0.1, 0.15) is 43.5 Å². The van der Waals surface area contributed by atoms with Gasteiger partial charge >= 0.3 is 5.97 Å². The zero-order chi connectivity index (χ0) is 21.4. The van der Waals surface area contributed by atoms with Gasteiger partial charge in [0.25, 0.3) is 5.91 Å². The number of piperidine rings is 1. The number of carbonyl (C=O) groups is 3. The number of benzene rings is 1. The summed E-state index contributed by atoms with van der Waals surface area (Å²) in [4.78, 5) is 37.9. The van der Waals surface area contributed by atoms with Crippen LogP contribution in [0.2, 0.25) is 0 Å². The predicted molar refractivity (Wildman–Crippen MR) is 107 cm³/mol. The van der Waals surface area contributed by atoms with Gasteiger partial charge in [0, 0.05) is 31.1 Å². The molecule has 0 aromatic heterocycles. The molecule has 2 amide bonds. The molecule has 1 fully saturated rings. The smallest absolute Gasteiger partial charge is 0.343 e. The maximum atomic E-state index is 12.6. The van der Waals surface area contributed by atoms with Crippen LogP contribution in [0, 0.1) is 5.92 Å². The van der Waals surface area contributed by atoms with Crippen molar-refractivity contribution in [1.29, 1.82) is 0 Å². The summed E-state index contributed by atoms with van der Waals surface area (Å²) < 4.78 is 15.2. The number of hydrogen-bond acceptors (Lipinski definition) is 6. The summed E-state index contributed by atoms with van der Waals surface area (Å²) >= 11 is 0. The van der Waals surface area contributed by atoms with Gasteiger partial charge in [-0.25, -0.2) is 4.79 Å². The second-order valence-corrected chi connectivity index (χ2v) is 7.46. The highest BCUT2D eigenvalue weighted by molar-refractivity contribution is 5.95. The molecule has 1 aliphatic heterocycles. The summed E-state index contributed by atoms with van der Waals surface area (Å²) in [5.74, 6) is 0.510. The second-order valence-electron chi connectivity index (χ2n) is 7.46. The molecule has 8 nitrogen and oxygen atoms in total. The number of methoxy groups -OCH3 is 2. The largest absolute Gasteiger partial charge is 0.493 e. The van der Waals surface area contributed by atoms with Crippen LogP contribution < -0.4 is 14.8 Å². The summed E-state index contributed by atoms with van der Waals surface area (Å²) in [5.41, 5.74) is 0.436. The Morgan fingerprint density at radius 3 is 2.41 bits per heavy atom. The predicted octanol–water partition coefficient (Wildman–Crippen LogP) is 2.01. The lowest BCUT2D eigenvalue weighted by molar-refractivity contribution is -0.143. The molecular weight excluding hydrogens is 376 g/mol. The molecule has 0 atom stereocenters. The first kappa shape index (κ1) is 22.5. The third-order valence-corrected chi connectivity index (χ3v) is 4.76. The molecule has 1 aromatic rings. The molecule has 1 heterocycles. The molecule has 1 aliphatic rings. The van der Waals surface area contributed by atoms with E-state index in [4.69, 9.17) is 9.47 Å². The molecule has 2 rings (SSSR count). The van der Waals surface area contributed by atoms with E-state index in [1.807, 2.05) is 18.7 Å². The molecule has 160 valence electrons. The van der Waals surface area contributed by atoms with E-state index in [1.165, 1.54) is 14.2 Å². The molecule has 1 N–H and O–H groups in total. The van der Waals surface area contributed by atoms with Crippen molar-refractivity contribution in [3.63, 3.8) is 0 Å². The maximum Gasteiger partial charge on any atom is 0.343 e. The van der Waals surface area contributed by atoms with Crippen molar-refractivity contribution in [3.05, 3.63) is 23.8 Å². The molecule has 8 heteroatoms. The number of carbonyl (C=O) groups excluding carboxylic acids is 3. The number of amides is 2. The minimum absolute atomic E-state index is 0.0202. The molecule has 0 bridgehead atoms. The van der Waals surface area contributed by atoms with Crippen LogP contribution in [0.25, 0.3) is 0 Å². The fraction of sp³-hybridized carbons (Fsp3) is 0.571. The van der Waals surface area contributed by atoms with Crippen LogP contribution in [0.4, 0.5) is 0 Å². The average Bonchev–Trinajstić information content (AvgIpc) is 2.71. The van der Waals surface area contributed by atoms with Gasteiger partial charge in [0.15, 0.2) is 18.1 Å². The van der Waals surface area contributed by atoms with E-state index < -0.39 is 5.97 Å². The lowest BCUT2D eigenvalue weighted by Crippen LogP contribution is -2.46. The number of esters is 1. The lowest BCUT2D eigenvalue weighted by atomic mass is 10.0. The van der Waals surface area contributed by atoms with Gasteiger partial charge in [-0.2, -0.15) is 0 Å². The first-order chi connectivity index (χ1) is 13.8. The van der Waals surface area contributed by atoms with Crippen LogP contribution in [-0.4, -0.2) is 62.6 Å². The van der Waals surface area contributed by atoms with Crippen molar-refractivity contribution in [2.75, 3.05) is 33.9 Å². The Hall–Kier alpha value is -2.77. The van der Waals surface area contributed by atoms with Crippen molar-refractivity contribution in [3.8, 4) is 11.5 Å². The SMILES string of the molecule is COC(=O)COc1ccc(C(=O)NC2CCN(C(=O)CC(C)C)CC2)cc1OC. The first-order valence-corrected chi connectivity index (χ1v) is 9.80. The van der Waals surface area contributed by atoms with Gasteiger partial charge in [-0.05, 0) is 37.0 Å². The molecule has 1 aromatic carbocycles. The van der Waals surface area contributed by atoms with Crippen molar-refractivity contribution >= 4 is 17.8 Å². The number of hydrogen-bond donors (Lipinski definition) is 1. The van der Waals surface area contributed by atoms with Crippen LogP contribution in [0.15, 0.2) is 18.2 Å². The highest BCUT2D eigenvalue weighted by atomic mass is 16.6. The number of likely N-dealkylation sites (tertiary alicyclic amines) is 1. The Kier molecular flexibility index (Phi) is 8.30. The van der Waals surface area contributed by atoms with Gasteiger partial charge in [-0.15, -0.1) is 0 Å². The van der Waals surface area contributed by atoms with Crippen molar-refractivity contribution in [2.24, 2.45) is 5.92 Å². The van der Waals surface area contributed by atoms with Crippen LogP contribution in [0.3, 0.4) is 0 Å². The third-order valence-electron chi connectivity index (χ3n) is 4.76. The van der Waals surface area contributed by atoms with Gasteiger partial charge in [-0.1, -0.05) is 13.8 Å². The molecule has 0 radical (unpaired) electrons. The van der Waals surface area contributed by atoms with Crippen molar-refractivity contribution in [2.45, 2.75) is 39.2 Å². The molecule has 0 unspecified atom stereocenters. The van der Waals surface area contributed by atoms with Crippen LogP contribution >= 0.6 is 0 Å². The van der Waals surface area contributed by atoms with E-state index in [0.29, 0.717) is 42.5 Å². The van der Waals surface area contributed by atoms with Crippen LogP contribution in [-0.2, 0) is 14.3 Å². The van der Waals surface area contributed by atoms with Crippen molar-refractivity contribution < 1.29 is 28.6 Å². The van der Waals surface area contributed by atoms with E-state index in [1.54, 1.807) is 18.2 Å². The summed E-state index contributed by atoms with van der Waals surface area (Å²) in [5, 5.41) is 3.02. The summed E-state index contributed by atoms with van der Waals surface area (Å²) in [7, 11) is 2.74. The minimum atomic E-state index is -0.507. The number of rotatable bonds is 8. The standard InChI is InChI=1S/C21H30N2O6/c1-14(2)11-19(24)23-9-7-16(8-10-23)22-21(26)15-5-6-17(18(12-15)27-3)29-13-20(25)28-4/h5-6,12,14,16H,7-11,13H2,1-4H3,(H,22,26). The zero-order valence-corrected chi connectivity index (χ0v) is 17.5. The molecule has 0 saturated carbocycles. The molecule has 29 heavy (non-hydrogen) atoms. The van der Waals surface area contributed by atoms with Gasteiger partial charge in [0.2, 0.25) is 5.91 Å². The number of nitrogens with one attached hydrogen (secondary N) is 1. The summed E-state index contributed by atoms with van der Waals surface area (Å²) in [6.45, 7) is 5.13. The van der Waals surface area contributed by atoms with Gasteiger partial charge in [0.1, 0.15) is 0 Å². The molecule has 0 aliphatic carbocycles. The third kappa shape index (κ3) is 6.66. The van der Waals surface area contributed by atoms with Crippen LogP contribution in [0.5, 0.6) is 11.5 Å². The normalized spacial score (nSPS) is 14.4. The quantitative estimate of drug-likeness (QED) is 0.664. The second kappa shape index (κ2) is 10.7. The summed E-state index contributed by atoms with van der Waals surface area (Å²) in [6.07, 6.45) is 2.02. The highest BCUT2D eigenvalue weighted by Crippen LogP contribution is 2.28. The van der Waals surface area contributed by atoms with E-state index in [-0.39, 0.29) is 24.5 Å². The number of nitrogens with zero attached hydrogens (tertiary/aromatic N) is 1. The molecular formula is C21H30N2O6. The van der Waals surface area contributed by atoms with E-state index >= 15 is 0 Å². The average molecular weight is 406 g/mol. The monoisotopic (exact) mass is 406 g/mol. The molecule has 1 saturated heterocycles. The van der Waals surface area contributed by atoms with E-state index in [0.717, 1.165) is 12.8 Å². The molecule has 0 spiro atoms. The van der Waals surface area contributed by atoms with E-state index in [2.05, 4.69) is 10.1 Å². The first-order valence-electron chi connectivity index (χ1n) is 9.80. The summed E-state index contributed by atoms with van der Waals surface area (Å²) in [6, 6.07) is 4.80. The van der Waals surface area contributed by atoms with E-state index in [9.17, 15) is 14.4 Å². The fourth-order valence-corrected chi connectivity index (χ4v) is 3.14. The topological polar surface area (TPSA) is 94.2 Å². The minimum Gasteiger partial charge on any atom is -0.493 e. The van der Waals surface area contributed by atoms with Gasteiger partial charge in [0.05, 0.1) is 14.2 Å². The lowest BCUT2D eigenvalue weighted by Gasteiger charge is -2.33. The van der Waals surface area contributed by atoms with Gasteiger partial charge < -0.3 is 24.4 Å². The zero-order valence-electron chi connectivity index (χ0n) is 17.5. The Morgan fingerprint density at radius 2 is 1.83 bits per heavy atom. The Labute approximate surface area is 171 Å². The van der Waals surface area contributed by atoms with Crippen molar-refractivity contribution in [1.82, 2.24) is 10.2 Å². The maximum absolute atomic E-state index is 12.6. The fourth-order valence-electron chi connectivity index (χ4n) is 3.14. The Bertz CT molecular complexity index is 726.